The number of aryl methyl sites for hydroxylation is 1. The van der Waals surface area contributed by atoms with Gasteiger partial charge in [0.15, 0.2) is 0 Å². The molecule has 0 aromatic heterocycles. The summed E-state index contributed by atoms with van der Waals surface area (Å²) in [6.45, 7) is 7.22. The number of ether oxygens (including phenoxy) is 2. The molecule has 0 heterocycles. The van der Waals surface area contributed by atoms with E-state index in [-0.39, 0.29) is 11.9 Å². The molecule has 0 radical (unpaired) electrons. The number of carbonyl (C=O) groups is 2. The number of methoxy groups -OCH3 is 1. The minimum absolute atomic E-state index is 0. The van der Waals surface area contributed by atoms with E-state index in [4.69, 9.17) is 24.5 Å². The Morgan fingerprint density at radius 3 is 2.54 bits per heavy atom. The van der Waals surface area contributed by atoms with Gasteiger partial charge in [0.05, 0.1) is 0 Å². The SMILES string of the molecule is COC(=O)[C@H](C/C([CH]=[Ni])=C/c1[c-]ccc(C)c1)NC(=O)OC(C)(C)C.O. The maximum atomic E-state index is 12.0. The summed E-state index contributed by atoms with van der Waals surface area (Å²) in [5.74, 6) is -0.563. The van der Waals surface area contributed by atoms with E-state index in [0.29, 0.717) is 5.57 Å². The molecule has 0 aliphatic heterocycles. The van der Waals surface area contributed by atoms with Crippen molar-refractivity contribution in [3.63, 3.8) is 0 Å². The molecule has 0 bridgehead atoms. The maximum Gasteiger partial charge on any atom is -0.412 e. The van der Waals surface area contributed by atoms with E-state index < -0.39 is 23.7 Å². The maximum absolute atomic E-state index is 12.0. The van der Waals surface area contributed by atoms with Gasteiger partial charge in [-0.1, -0.05) is 0 Å². The number of benzene rings is 1. The largest absolute Gasteiger partial charge is 0.412 e. The molecule has 0 fully saturated rings. The fraction of sp³-hybridized carbons (Fsp3) is 0.421. The predicted molar refractivity (Wildman–Crippen MR) is 97.5 cm³/mol. The van der Waals surface area contributed by atoms with Gasteiger partial charge in [0.25, 0.3) is 0 Å². The Hall–Kier alpha value is -1.98. The zero-order chi connectivity index (χ0) is 19.0. The molecule has 1 amide bonds. The standard InChI is InChI=1S/C19H24NO4.Ni.H2O/c1-13-8-7-9-15(10-13)11-14(2)12-16(17(21)23-6)20-18(22)24-19(3,4)5;;/h2,7-8,10-11,16H,12H2,1,3-6H3,(H,20,22);;1H2/q-1;;/b14-11+;;/t16-;;/m0../s1. The van der Waals surface area contributed by atoms with Crippen molar-refractivity contribution in [1.29, 1.82) is 0 Å². The monoisotopic (exact) mass is 406 g/mol. The van der Waals surface area contributed by atoms with Gasteiger partial charge in [0.1, 0.15) is 0 Å². The van der Waals surface area contributed by atoms with Crippen molar-refractivity contribution in [2.75, 3.05) is 7.11 Å². The minimum atomic E-state index is -0.887. The molecule has 1 aromatic rings. The molecule has 26 heavy (non-hydrogen) atoms. The fourth-order valence-corrected chi connectivity index (χ4v) is 2.23. The van der Waals surface area contributed by atoms with Crippen molar-refractivity contribution < 1.29 is 39.6 Å². The summed E-state index contributed by atoms with van der Waals surface area (Å²) in [4.78, 5) is 25.5. The van der Waals surface area contributed by atoms with Gasteiger partial charge in [-0.05, 0) is 0 Å². The van der Waals surface area contributed by atoms with Crippen LogP contribution in [0.2, 0.25) is 0 Å². The molecule has 3 N–H and O–H groups in total. The number of alkyl carbamates (subject to hydrolysis) is 1. The summed E-state index contributed by atoms with van der Waals surface area (Å²) in [7, 11) is 1.27. The number of nitrogens with one attached hydrogen (secondary N) is 1. The van der Waals surface area contributed by atoms with E-state index in [1.807, 2.05) is 31.2 Å². The molecule has 7 heteroatoms. The van der Waals surface area contributed by atoms with Crippen molar-refractivity contribution in [2.45, 2.75) is 45.8 Å². The Balaban J connectivity index is 0.00000625. The van der Waals surface area contributed by atoms with Crippen LogP contribution in [0.4, 0.5) is 4.79 Å². The van der Waals surface area contributed by atoms with Crippen molar-refractivity contribution in [3.05, 3.63) is 41.0 Å². The molecule has 0 aliphatic carbocycles. The molecule has 148 valence electrons. The van der Waals surface area contributed by atoms with E-state index in [1.54, 1.807) is 20.8 Å². The molecule has 0 saturated carbocycles. The van der Waals surface area contributed by atoms with Gasteiger partial charge >= 0.3 is 156 Å². The average molecular weight is 407 g/mol. The minimum Gasteiger partial charge on any atom is -0.412 e. The number of hydrogen-bond acceptors (Lipinski definition) is 4. The van der Waals surface area contributed by atoms with Gasteiger partial charge in [-0.3, -0.25) is 0 Å². The van der Waals surface area contributed by atoms with Gasteiger partial charge < -0.3 is 5.48 Å². The van der Waals surface area contributed by atoms with Crippen molar-refractivity contribution in [3.8, 4) is 0 Å². The molecule has 1 rings (SSSR count). The molecule has 0 aliphatic rings. The Morgan fingerprint density at radius 1 is 1.38 bits per heavy atom. The van der Waals surface area contributed by atoms with Gasteiger partial charge in [0, 0.05) is 0 Å². The van der Waals surface area contributed by atoms with E-state index >= 15 is 0 Å². The Labute approximate surface area is 162 Å². The van der Waals surface area contributed by atoms with E-state index in [9.17, 15) is 9.59 Å². The van der Waals surface area contributed by atoms with E-state index in [1.165, 1.54) is 12.1 Å². The van der Waals surface area contributed by atoms with Gasteiger partial charge in [0.2, 0.25) is 0 Å². The first-order valence-electron chi connectivity index (χ1n) is 7.80. The Kier molecular flexibility index (Phi) is 10.1. The average Bonchev–Trinajstić information content (AvgIpc) is 2.50. The molecule has 6 nitrogen and oxygen atoms in total. The third kappa shape index (κ3) is 8.93. The summed E-state index contributed by atoms with van der Waals surface area (Å²) in [5, 5.41) is 2.54. The normalized spacial score (nSPS) is 12.5. The third-order valence-electron chi connectivity index (χ3n) is 3.05. The number of carbonyl (C=O) groups excluding carboxylic acids is 2. The topological polar surface area (TPSA) is 96.1 Å². The first-order chi connectivity index (χ1) is 11.6. The number of amides is 1. The Bertz CT molecular complexity index is 664. The van der Waals surface area contributed by atoms with Crippen LogP contribution in [0.5, 0.6) is 0 Å². The summed E-state index contributed by atoms with van der Waals surface area (Å²) in [6.07, 6.45) is 1.36. The number of hydrogen-bond donors (Lipinski definition) is 1. The van der Waals surface area contributed by atoms with Crippen LogP contribution < -0.4 is 5.32 Å². The summed E-state index contributed by atoms with van der Waals surface area (Å²) in [5.41, 5.74) is 2.00. The first kappa shape index (κ1) is 24.0. The summed E-state index contributed by atoms with van der Waals surface area (Å²) >= 11 is 4.73. The second-order valence-electron chi connectivity index (χ2n) is 6.56. The van der Waals surface area contributed by atoms with Crippen LogP contribution in [-0.2, 0) is 29.3 Å². The summed E-state index contributed by atoms with van der Waals surface area (Å²) in [6, 6.07) is 7.93. The van der Waals surface area contributed by atoms with Crippen LogP contribution in [0.15, 0.2) is 23.8 Å². The molecule has 1 atom stereocenters. The van der Waals surface area contributed by atoms with Crippen molar-refractivity contribution in [1.82, 2.24) is 5.32 Å². The molecule has 0 saturated heterocycles. The quantitative estimate of drug-likeness (QED) is 0.444. The van der Waals surface area contributed by atoms with Crippen LogP contribution in [0.1, 0.15) is 38.3 Å². The van der Waals surface area contributed by atoms with Crippen LogP contribution in [0, 0.1) is 13.0 Å². The number of esters is 1. The molecular formula is C19H26NNiO5-. The first-order valence-corrected chi connectivity index (χ1v) is 8.37. The molecule has 1 aromatic carbocycles. The van der Waals surface area contributed by atoms with E-state index in [2.05, 4.69) is 11.4 Å². The second-order valence-corrected chi connectivity index (χ2v) is 6.84. The van der Waals surface area contributed by atoms with Crippen LogP contribution in [0.3, 0.4) is 0 Å². The van der Waals surface area contributed by atoms with Crippen LogP contribution in [-0.4, -0.2) is 41.3 Å². The van der Waals surface area contributed by atoms with Gasteiger partial charge in [-0.25, -0.2) is 0 Å². The number of rotatable bonds is 6. The fourth-order valence-electron chi connectivity index (χ4n) is 2.03. The zero-order valence-corrected chi connectivity index (χ0v) is 16.6. The smallest absolute Gasteiger partial charge is 0.412 e. The predicted octanol–water partition coefficient (Wildman–Crippen LogP) is 2.16. The molecule has 0 spiro atoms. The molecule has 0 unspecified atom stereocenters. The van der Waals surface area contributed by atoms with E-state index in [0.717, 1.165) is 11.1 Å². The second kappa shape index (κ2) is 10.9. The summed E-state index contributed by atoms with van der Waals surface area (Å²) < 4.78 is 9.96. The van der Waals surface area contributed by atoms with Crippen molar-refractivity contribution in [2.24, 2.45) is 0 Å². The van der Waals surface area contributed by atoms with Crippen LogP contribution in [0.25, 0.3) is 6.08 Å². The zero-order valence-electron chi connectivity index (χ0n) is 15.6. The Morgan fingerprint density at radius 2 is 2.04 bits per heavy atom. The van der Waals surface area contributed by atoms with Crippen LogP contribution >= 0.6 is 0 Å². The third-order valence-corrected chi connectivity index (χ3v) is 3.42. The van der Waals surface area contributed by atoms with Gasteiger partial charge in [-0.15, -0.1) is 0 Å². The van der Waals surface area contributed by atoms with Crippen molar-refractivity contribution >= 4 is 23.1 Å². The molecular weight excluding hydrogens is 381 g/mol. The van der Waals surface area contributed by atoms with Gasteiger partial charge in [-0.2, -0.15) is 0 Å².